The Morgan fingerprint density at radius 1 is 0.906 bits per heavy atom. The molecule has 32 heavy (non-hydrogen) atoms. The molecule has 0 radical (unpaired) electrons. The molecule has 0 spiro atoms. The van der Waals surface area contributed by atoms with Crippen molar-refractivity contribution < 1.29 is 22.6 Å². The van der Waals surface area contributed by atoms with E-state index in [1.807, 2.05) is 19.0 Å². The Morgan fingerprint density at radius 2 is 1.50 bits per heavy atom. The van der Waals surface area contributed by atoms with Crippen molar-refractivity contribution in [2.24, 2.45) is 0 Å². The second-order valence-corrected chi connectivity index (χ2v) is 9.24. The van der Waals surface area contributed by atoms with Gasteiger partial charge >= 0.3 is 0 Å². The summed E-state index contributed by atoms with van der Waals surface area (Å²) < 4.78 is 44.7. The van der Waals surface area contributed by atoms with E-state index in [0.29, 0.717) is 41.1 Å². The number of benzene rings is 3. The minimum Gasteiger partial charge on any atom is -0.497 e. The van der Waals surface area contributed by atoms with Crippen LogP contribution in [0.4, 0.5) is 5.69 Å². The number of sulfonamides is 1. The highest BCUT2D eigenvalue weighted by Crippen LogP contribution is 2.30. The summed E-state index contributed by atoms with van der Waals surface area (Å²) in [5.41, 5.74) is 0.354. The monoisotopic (exact) mass is 476 g/mol. The number of nitrogens with one attached hydrogen (secondary N) is 1. The SMILES string of the molecule is COc1ccc(Oc2ccc(S(=O)(=O)Nc3ccc(Cl)c(OCCN(C)C)c3)cc2)cc1. The van der Waals surface area contributed by atoms with Crippen molar-refractivity contribution in [2.75, 3.05) is 39.1 Å². The number of nitrogens with zero attached hydrogens (tertiary/aromatic N) is 1. The van der Waals surface area contributed by atoms with Crippen molar-refractivity contribution in [3.05, 3.63) is 71.8 Å². The lowest BCUT2D eigenvalue weighted by atomic mass is 10.3. The lowest BCUT2D eigenvalue weighted by molar-refractivity contribution is 0.261. The molecule has 0 aliphatic rings. The predicted molar refractivity (Wildman–Crippen MR) is 126 cm³/mol. The minimum absolute atomic E-state index is 0.101. The van der Waals surface area contributed by atoms with Crippen LogP contribution in [-0.4, -0.2) is 47.7 Å². The van der Waals surface area contributed by atoms with E-state index in [1.165, 1.54) is 12.1 Å². The topological polar surface area (TPSA) is 77.1 Å². The second-order valence-electron chi connectivity index (χ2n) is 7.15. The number of halogens is 1. The summed E-state index contributed by atoms with van der Waals surface area (Å²) in [6, 6.07) is 18.0. The summed E-state index contributed by atoms with van der Waals surface area (Å²) >= 11 is 6.16. The number of likely N-dealkylation sites (N-methyl/N-ethyl adjacent to an activating group) is 1. The Hall–Kier alpha value is -2.94. The van der Waals surface area contributed by atoms with Crippen LogP contribution in [0, 0.1) is 0 Å². The highest BCUT2D eigenvalue weighted by molar-refractivity contribution is 7.92. The molecule has 0 aromatic heterocycles. The zero-order chi connectivity index (χ0) is 23.1. The smallest absolute Gasteiger partial charge is 0.261 e. The highest BCUT2D eigenvalue weighted by atomic mass is 35.5. The van der Waals surface area contributed by atoms with Gasteiger partial charge in [-0.2, -0.15) is 0 Å². The molecule has 0 unspecified atom stereocenters. The van der Waals surface area contributed by atoms with Gasteiger partial charge in [0.05, 0.1) is 22.7 Å². The van der Waals surface area contributed by atoms with E-state index in [1.54, 1.807) is 61.7 Å². The molecular weight excluding hydrogens is 452 g/mol. The fraction of sp³-hybridized carbons (Fsp3) is 0.217. The summed E-state index contributed by atoms with van der Waals surface area (Å²) in [5, 5.41) is 0.409. The standard InChI is InChI=1S/C23H25ClN2O5S/c1-26(2)14-15-30-23-16-17(4-13-22(23)24)25-32(27,28)21-11-9-20(10-12-21)31-19-7-5-18(29-3)6-8-19/h4-13,16,25H,14-15H2,1-3H3. The third-order valence-corrected chi connectivity index (χ3v) is 6.12. The van der Waals surface area contributed by atoms with Gasteiger partial charge in [0, 0.05) is 12.6 Å². The molecule has 3 aromatic carbocycles. The van der Waals surface area contributed by atoms with E-state index < -0.39 is 10.0 Å². The first-order valence-corrected chi connectivity index (χ1v) is 11.6. The number of hydrogen-bond donors (Lipinski definition) is 1. The largest absolute Gasteiger partial charge is 0.497 e. The average Bonchev–Trinajstić information content (AvgIpc) is 2.76. The zero-order valence-corrected chi connectivity index (χ0v) is 19.6. The van der Waals surface area contributed by atoms with Gasteiger partial charge in [-0.25, -0.2) is 8.42 Å². The van der Waals surface area contributed by atoms with Crippen LogP contribution in [0.15, 0.2) is 71.6 Å². The van der Waals surface area contributed by atoms with Crippen molar-refractivity contribution >= 4 is 27.3 Å². The number of ether oxygens (including phenoxy) is 3. The van der Waals surface area contributed by atoms with E-state index in [2.05, 4.69) is 4.72 Å². The van der Waals surface area contributed by atoms with E-state index >= 15 is 0 Å². The summed E-state index contributed by atoms with van der Waals surface area (Å²) in [5.74, 6) is 2.26. The van der Waals surface area contributed by atoms with Crippen LogP contribution in [0.3, 0.4) is 0 Å². The normalized spacial score (nSPS) is 11.3. The van der Waals surface area contributed by atoms with E-state index in [4.69, 9.17) is 25.8 Å². The zero-order valence-electron chi connectivity index (χ0n) is 18.0. The third-order valence-electron chi connectivity index (χ3n) is 4.41. The molecule has 9 heteroatoms. The van der Waals surface area contributed by atoms with Crippen LogP contribution >= 0.6 is 11.6 Å². The fourth-order valence-electron chi connectivity index (χ4n) is 2.70. The number of rotatable bonds is 10. The number of anilines is 1. The first kappa shape index (κ1) is 23.7. The molecule has 0 fully saturated rings. The lowest BCUT2D eigenvalue weighted by Gasteiger charge is -2.14. The molecule has 0 amide bonds. The van der Waals surface area contributed by atoms with Crippen LogP contribution in [0.5, 0.6) is 23.0 Å². The maximum absolute atomic E-state index is 12.8. The molecule has 7 nitrogen and oxygen atoms in total. The molecule has 0 saturated heterocycles. The van der Waals surface area contributed by atoms with Gasteiger partial charge in [-0.15, -0.1) is 0 Å². The van der Waals surface area contributed by atoms with Crippen molar-refractivity contribution in [1.82, 2.24) is 4.90 Å². The molecule has 3 rings (SSSR count). The molecule has 0 aliphatic carbocycles. The van der Waals surface area contributed by atoms with E-state index in [-0.39, 0.29) is 4.90 Å². The van der Waals surface area contributed by atoms with Crippen LogP contribution in [0.1, 0.15) is 0 Å². The minimum atomic E-state index is -3.80. The van der Waals surface area contributed by atoms with Gasteiger partial charge < -0.3 is 19.1 Å². The molecule has 0 atom stereocenters. The molecule has 0 saturated carbocycles. The summed E-state index contributed by atoms with van der Waals surface area (Å²) in [4.78, 5) is 2.08. The molecule has 0 heterocycles. The first-order valence-electron chi connectivity index (χ1n) is 9.79. The fourth-order valence-corrected chi connectivity index (χ4v) is 3.92. The number of hydrogen-bond acceptors (Lipinski definition) is 6. The van der Waals surface area contributed by atoms with Gasteiger partial charge in [0.2, 0.25) is 0 Å². The summed E-state index contributed by atoms with van der Waals surface area (Å²) in [6.07, 6.45) is 0. The van der Waals surface area contributed by atoms with Crippen molar-refractivity contribution in [3.8, 4) is 23.0 Å². The summed E-state index contributed by atoms with van der Waals surface area (Å²) in [6.45, 7) is 1.13. The van der Waals surface area contributed by atoms with Crippen molar-refractivity contribution in [1.29, 1.82) is 0 Å². The van der Waals surface area contributed by atoms with Crippen LogP contribution < -0.4 is 18.9 Å². The Morgan fingerprint density at radius 3 is 2.09 bits per heavy atom. The maximum atomic E-state index is 12.8. The molecule has 170 valence electrons. The van der Waals surface area contributed by atoms with Gasteiger partial charge in [0.15, 0.2) is 0 Å². The van der Waals surface area contributed by atoms with Gasteiger partial charge in [0.1, 0.15) is 29.6 Å². The molecular formula is C23H25ClN2O5S. The van der Waals surface area contributed by atoms with Gasteiger partial charge in [-0.3, -0.25) is 4.72 Å². The lowest BCUT2D eigenvalue weighted by Crippen LogP contribution is -2.19. The van der Waals surface area contributed by atoms with Crippen molar-refractivity contribution in [3.63, 3.8) is 0 Å². The first-order chi connectivity index (χ1) is 15.3. The Labute approximate surface area is 193 Å². The Kier molecular flexibility index (Phi) is 7.84. The number of methoxy groups -OCH3 is 1. The molecule has 1 N–H and O–H groups in total. The Balaban J connectivity index is 1.68. The van der Waals surface area contributed by atoms with Crippen LogP contribution in [-0.2, 0) is 10.0 Å². The van der Waals surface area contributed by atoms with Gasteiger partial charge in [-0.1, -0.05) is 11.6 Å². The van der Waals surface area contributed by atoms with E-state index in [9.17, 15) is 8.42 Å². The molecule has 0 aliphatic heterocycles. The summed E-state index contributed by atoms with van der Waals surface area (Å²) in [7, 11) is 1.65. The predicted octanol–water partition coefficient (Wildman–Crippen LogP) is 4.88. The van der Waals surface area contributed by atoms with Crippen LogP contribution in [0.2, 0.25) is 5.02 Å². The maximum Gasteiger partial charge on any atom is 0.261 e. The second kappa shape index (κ2) is 10.6. The van der Waals surface area contributed by atoms with Crippen molar-refractivity contribution in [2.45, 2.75) is 4.90 Å². The van der Waals surface area contributed by atoms with E-state index in [0.717, 1.165) is 5.75 Å². The van der Waals surface area contributed by atoms with Crippen LogP contribution in [0.25, 0.3) is 0 Å². The van der Waals surface area contributed by atoms with Gasteiger partial charge in [-0.05, 0) is 74.8 Å². The average molecular weight is 477 g/mol. The molecule has 3 aromatic rings. The Bertz CT molecular complexity index is 1130. The quantitative estimate of drug-likeness (QED) is 0.449. The van der Waals surface area contributed by atoms with Gasteiger partial charge in [0.25, 0.3) is 10.0 Å². The highest BCUT2D eigenvalue weighted by Gasteiger charge is 2.16. The molecule has 0 bridgehead atoms. The third kappa shape index (κ3) is 6.53.